The van der Waals surface area contributed by atoms with Crippen LogP contribution in [-0.4, -0.2) is 6.54 Å². The molecule has 1 aromatic carbocycles. The van der Waals surface area contributed by atoms with Gasteiger partial charge < -0.3 is 5.32 Å². The molecular weight excluding hydrogens is 218 g/mol. The molecule has 0 heterocycles. The maximum atomic E-state index is 3.71. The smallest absolute Gasteiger partial charge is 0.0346 e. The van der Waals surface area contributed by atoms with E-state index in [-0.39, 0.29) is 0 Å². The first kappa shape index (κ1) is 15.2. The molecule has 0 aromatic heterocycles. The van der Waals surface area contributed by atoms with Crippen LogP contribution in [0.5, 0.6) is 0 Å². The van der Waals surface area contributed by atoms with E-state index in [1.54, 1.807) is 0 Å². The average Bonchev–Trinajstić information content (AvgIpc) is 2.39. The van der Waals surface area contributed by atoms with Crippen molar-refractivity contribution in [3.05, 3.63) is 35.4 Å². The fraction of sp³-hybridized carbons (Fsp3) is 0.647. The van der Waals surface area contributed by atoms with Crippen molar-refractivity contribution in [1.82, 2.24) is 5.32 Å². The summed E-state index contributed by atoms with van der Waals surface area (Å²) in [5, 5.41) is 3.71. The maximum absolute atomic E-state index is 3.71. The van der Waals surface area contributed by atoms with Gasteiger partial charge in [-0.05, 0) is 36.4 Å². The van der Waals surface area contributed by atoms with Crippen molar-refractivity contribution in [2.45, 2.75) is 59.4 Å². The molecule has 0 spiro atoms. The first-order valence-electron chi connectivity index (χ1n) is 7.55. The summed E-state index contributed by atoms with van der Waals surface area (Å²) in [5.74, 6) is 0.688. The molecule has 0 aliphatic heterocycles. The van der Waals surface area contributed by atoms with Crippen LogP contribution in [0.1, 0.15) is 64.1 Å². The molecule has 1 nitrogen and oxygen atoms in total. The van der Waals surface area contributed by atoms with Gasteiger partial charge in [0, 0.05) is 6.04 Å². The Kier molecular flexibility index (Phi) is 7.04. The minimum absolute atomic E-state index is 0.506. The summed E-state index contributed by atoms with van der Waals surface area (Å²) in [6, 6.07) is 9.64. The molecule has 0 saturated carbocycles. The molecule has 0 fully saturated rings. The highest BCUT2D eigenvalue weighted by atomic mass is 14.9. The van der Waals surface area contributed by atoms with Crippen LogP contribution in [0.15, 0.2) is 24.3 Å². The minimum atomic E-state index is 0.506. The summed E-state index contributed by atoms with van der Waals surface area (Å²) in [5.41, 5.74) is 2.94. The molecule has 2 atom stereocenters. The minimum Gasteiger partial charge on any atom is -0.310 e. The third kappa shape index (κ3) is 4.45. The van der Waals surface area contributed by atoms with Crippen molar-refractivity contribution in [2.24, 2.45) is 5.92 Å². The van der Waals surface area contributed by atoms with Gasteiger partial charge in [-0.2, -0.15) is 0 Å². The second-order valence-electron chi connectivity index (χ2n) is 5.31. The highest BCUT2D eigenvalue weighted by Crippen LogP contribution is 2.25. The molecule has 0 aliphatic rings. The van der Waals surface area contributed by atoms with Crippen LogP contribution in [0.3, 0.4) is 0 Å². The van der Waals surface area contributed by atoms with Gasteiger partial charge in [-0.1, -0.05) is 64.8 Å². The van der Waals surface area contributed by atoms with Crippen molar-refractivity contribution in [3.63, 3.8) is 0 Å². The Labute approximate surface area is 113 Å². The number of hydrogen-bond donors (Lipinski definition) is 1. The molecule has 0 radical (unpaired) electrons. The number of hydrogen-bond acceptors (Lipinski definition) is 1. The lowest BCUT2D eigenvalue weighted by Crippen LogP contribution is -2.27. The zero-order valence-corrected chi connectivity index (χ0v) is 12.5. The van der Waals surface area contributed by atoms with Gasteiger partial charge in [0.25, 0.3) is 0 Å². The number of benzene rings is 1. The summed E-state index contributed by atoms with van der Waals surface area (Å²) in [7, 11) is 0. The Morgan fingerprint density at radius 1 is 1.11 bits per heavy atom. The third-order valence-corrected chi connectivity index (χ3v) is 3.68. The van der Waals surface area contributed by atoms with Crippen LogP contribution < -0.4 is 5.32 Å². The maximum Gasteiger partial charge on any atom is 0.0346 e. The van der Waals surface area contributed by atoms with Crippen LogP contribution in [0, 0.1) is 5.92 Å². The first-order chi connectivity index (χ1) is 8.72. The van der Waals surface area contributed by atoms with E-state index >= 15 is 0 Å². The summed E-state index contributed by atoms with van der Waals surface area (Å²) in [6.45, 7) is 10.2. The van der Waals surface area contributed by atoms with E-state index in [1.807, 2.05) is 0 Å². The highest BCUT2D eigenvalue weighted by molar-refractivity contribution is 5.26. The molecule has 0 amide bonds. The molecule has 18 heavy (non-hydrogen) atoms. The Morgan fingerprint density at radius 3 is 2.50 bits per heavy atom. The van der Waals surface area contributed by atoms with E-state index in [0.29, 0.717) is 12.0 Å². The lowest BCUT2D eigenvalue weighted by molar-refractivity contribution is 0.377. The lowest BCUT2D eigenvalue weighted by Gasteiger charge is -2.25. The Hall–Kier alpha value is -0.820. The van der Waals surface area contributed by atoms with Crippen LogP contribution in [0.25, 0.3) is 0 Å². The van der Waals surface area contributed by atoms with Crippen LogP contribution in [0.4, 0.5) is 0 Å². The van der Waals surface area contributed by atoms with Gasteiger partial charge in [0.2, 0.25) is 0 Å². The Bertz CT molecular complexity index is 332. The third-order valence-electron chi connectivity index (χ3n) is 3.68. The molecule has 0 aliphatic carbocycles. The number of rotatable bonds is 8. The molecule has 102 valence electrons. The molecule has 0 bridgehead atoms. The monoisotopic (exact) mass is 247 g/mol. The Balaban J connectivity index is 2.85. The topological polar surface area (TPSA) is 12.0 Å². The molecule has 2 unspecified atom stereocenters. The molecule has 1 aromatic rings. The molecular formula is C17H29N. The van der Waals surface area contributed by atoms with E-state index in [0.717, 1.165) is 6.54 Å². The fourth-order valence-electron chi connectivity index (χ4n) is 2.41. The van der Waals surface area contributed by atoms with Gasteiger partial charge >= 0.3 is 0 Å². The highest BCUT2D eigenvalue weighted by Gasteiger charge is 2.17. The van der Waals surface area contributed by atoms with Gasteiger partial charge in [0.05, 0.1) is 0 Å². The lowest BCUT2D eigenvalue weighted by atomic mass is 9.91. The van der Waals surface area contributed by atoms with E-state index in [4.69, 9.17) is 0 Å². The van der Waals surface area contributed by atoms with Crippen LogP contribution in [-0.2, 0) is 6.42 Å². The standard InChI is InChI=1S/C17H29N/c1-5-9-15-10-8-11-16(13-15)17(14(4)7-3)18-12-6-2/h8,10-11,13-14,17-18H,5-7,9,12H2,1-4H3. The normalized spacial score (nSPS) is 14.4. The van der Waals surface area contributed by atoms with E-state index in [9.17, 15) is 0 Å². The van der Waals surface area contributed by atoms with Gasteiger partial charge in [0.15, 0.2) is 0 Å². The molecule has 0 saturated heterocycles. The Morgan fingerprint density at radius 2 is 1.89 bits per heavy atom. The van der Waals surface area contributed by atoms with Crippen molar-refractivity contribution < 1.29 is 0 Å². The summed E-state index contributed by atoms with van der Waals surface area (Å²) in [6.07, 6.45) is 4.83. The van der Waals surface area contributed by atoms with E-state index < -0.39 is 0 Å². The van der Waals surface area contributed by atoms with Gasteiger partial charge in [-0.25, -0.2) is 0 Å². The van der Waals surface area contributed by atoms with E-state index in [1.165, 1.54) is 36.8 Å². The number of nitrogens with one attached hydrogen (secondary N) is 1. The first-order valence-corrected chi connectivity index (χ1v) is 7.55. The largest absolute Gasteiger partial charge is 0.310 e. The van der Waals surface area contributed by atoms with Crippen molar-refractivity contribution in [3.8, 4) is 0 Å². The number of aryl methyl sites for hydroxylation is 1. The second kappa shape index (κ2) is 8.31. The second-order valence-corrected chi connectivity index (χ2v) is 5.31. The zero-order chi connectivity index (χ0) is 13.4. The van der Waals surface area contributed by atoms with E-state index in [2.05, 4.69) is 57.3 Å². The fourth-order valence-corrected chi connectivity index (χ4v) is 2.41. The average molecular weight is 247 g/mol. The molecule has 1 rings (SSSR count). The molecule has 1 heteroatoms. The van der Waals surface area contributed by atoms with Gasteiger partial charge in [-0.15, -0.1) is 0 Å². The van der Waals surface area contributed by atoms with Crippen molar-refractivity contribution in [2.75, 3.05) is 6.54 Å². The zero-order valence-electron chi connectivity index (χ0n) is 12.5. The summed E-state index contributed by atoms with van der Waals surface area (Å²) >= 11 is 0. The quantitative estimate of drug-likeness (QED) is 0.700. The van der Waals surface area contributed by atoms with Crippen LogP contribution >= 0.6 is 0 Å². The predicted octanol–water partition coefficient (Wildman–Crippen LogP) is 4.73. The van der Waals surface area contributed by atoms with Crippen LogP contribution in [0.2, 0.25) is 0 Å². The van der Waals surface area contributed by atoms with Crippen molar-refractivity contribution >= 4 is 0 Å². The van der Waals surface area contributed by atoms with Crippen molar-refractivity contribution in [1.29, 1.82) is 0 Å². The van der Waals surface area contributed by atoms with Gasteiger partial charge in [0.1, 0.15) is 0 Å². The predicted molar refractivity (Wildman–Crippen MR) is 80.9 cm³/mol. The van der Waals surface area contributed by atoms with Gasteiger partial charge in [-0.3, -0.25) is 0 Å². The SMILES string of the molecule is CCCNC(c1cccc(CCC)c1)C(C)CC. The summed E-state index contributed by atoms with van der Waals surface area (Å²) in [4.78, 5) is 0. The molecule has 1 N–H and O–H groups in total. The summed E-state index contributed by atoms with van der Waals surface area (Å²) < 4.78 is 0.